The van der Waals surface area contributed by atoms with Gasteiger partial charge in [-0.3, -0.25) is 19.3 Å². The van der Waals surface area contributed by atoms with E-state index in [0.29, 0.717) is 18.0 Å². The molecule has 0 aromatic heterocycles. The predicted octanol–water partition coefficient (Wildman–Crippen LogP) is 5.01. The average molecular weight is 535 g/mol. The fraction of sp³-hybridized carbons (Fsp3) is 0.276. The minimum absolute atomic E-state index is 0.422. The zero-order valence-electron chi connectivity index (χ0n) is 20.2. The van der Waals surface area contributed by atoms with E-state index in [1.807, 2.05) is 55.5 Å². The molecule has 0 unspecified atom stereocenters. The molecule has 1 N–H and O–H groups in total. The van der Waals surface area contributed by atoms with E-state index in [1.54, 1.807) is 24.3 Å². The van der Waals surface area contributed by atoms with Crippen LogP contribution in [0.1, 0.15) is 36.1 Å². The number of carbonyl (C=O) groups excluding carboxylic acids is 3. The maximum atomic E-state index is 14.0. The number of benzene rings is 3. The van der Waals surface area contributed by atoms with Gasteiger partial charge in [0.05, 0.1) is 24.1 Å². The Morgan fingerprint density at radius 2 is 1.30 bits per heavy atom. The van der Waals surface area contributed by atoms with E-state index >= 15 is 0 Å². The van der Waals surface area contributed by atoms with Crippen LogP contribution < -0.4 is 10.1 Å². The van der Waals surface area contributed by atoms with Crippen LogP contribution >= 0.6 is 23.2 Å². The summed E-state index contributed by atoms with van der Waals surface area (Å²) in [4.78, 5) is 39.9. The molecule has 0 spiro atoms. The summed E-state index contributed by atoms with van der Waals surface area (Å²) in [5.74, 6) is -2.91. The quantitative estimate of drug-likeness (QED) is 0.369. The smallest absolute Gasteiger partial charge is 0.247 e. The highest BCUT2D eigenvalue weighted by Crippen LogP contribution is 2.69. The minimum atomic E-state index is -1.28. The van der Waals surface area contributed by atoms with E-state index < -0.39 is 45.3 Å². The zero-order valence-corrected chi connectivity index (χ0v) is 21.7. The topological polar surface area (TPSA) is 75.7 Å². The maximum absolute atomic E-state index is 14.0. The summed E-state index contributed by atoms with van der Waals surface area (Å²) >= 11 is 14.9. The van der Waals surface area contributed by atoms with Crippen molar-refractivity contribution in [2.75, 3.05) is 11.9 Å². The first-order valence-electron chi connectivity index (χ1n) is 12.2. The molecule has 3 aromatic rings. The molecule has 0 saturated carbocycles. The molecule has 188 valence electrons. The van der Waals surface area contributed by atoms with Crippen LogP contribution in [0.2, 0.25) is 0 Å². The lowest BCUT2D eigenvalue weighted by atomic mass is 9.54. The summed E-state index contributed by atoms with van der Waals surface area (Å²) in [7, 11) is 0. The molecule has 1 saturated heterocycles. The molecule has 2 bridgehead atoms. The SMILES string of the molecule is CCOc1ccccc1NC(=O)[C@H](C)N1C(=O)[C@H]2[C@H](C1=O)C1(Cl)c3ccccc3C2(Cl)c2ccccc21. The molecule has 0 radical (unpaired) electrons. The lowest BCUT2D eigenvalue weighted by molar-refractivity contribution is -0.146. The van der Waals surface area contributed by atoms with Gasteiger partial charge in [-0.25, -0.2) is 0 Å². The Morgan fingerprint density at radius 1 is 0.865 bits per heavy atom. The lowest BCUT2D eigenvalue weighted by Crippen LogP contribution is -2.57. The van der Waals surface area contributed by atoms with Crippen molar-refractivity contribution in [1.29, 1.82) is 0 Å². The number of alkyl halides is 2. The molecule has 3 aliphatic carbocycles. The van der Waals surface area contributed by atoms with Crippen molar-refractivity contribution in [3.63, 3.8) is 0 Å². The second-order valence-corrected chi connectivity index (χ2v) is 10.8. The monoisotopic (exact) mass is 534 g/mol. The first-order valence-corrected chi connectivity index (χ1v) is 13.0. The fourth-order valence-electron chi connectivity index (χ4n) is 6.28. The Bertz CT molecular complexity index is 1350. The highest BCUT2D eigenvalue weighted by molar-refractivity contribution is 6.36. The maximum Gasteiger partial charge on any atom is 0.247 e. The zero-order chi connectivity index (χ0) is 26.1. The van der Waals surface area contributed by atoms with Gasteiger partial charge in [-0.1, -0.05) is 60.7 Å². The van der Waals surface area contributed by atoms with E-state index in [2.05, 4.69) is 5.32 Å². The van der Waals surface area contributed by atoms with E-state index in [1.165, 1.54) is 6.92 Å². The van der Waals surface area contributed by atoms with Gasteiger partial charge >= 0.3 is 0 Å². The van der Waals surface area contributed by atoms with E-state index in [4.69, 9.17) is 27.9 Å². The summed E-state index contributed by atoms with van der Waals surface area (Å²) < 4.78 is 5.60. The molecule has 1 aliphatic heterocycles. The lowest BCUT2D eigenvalue weighted by Gasteiger charge is -2.54. The average Bonchev–Trinajstić information content (AvgIpc) is 3.19. The molecule has 3 amide bonds. The highest BCUT2D eigenvalue weighted by atomic mass is 35.5. The Hall–Kier alpha value is -3.35. The number of nitrogens with one attached hydrogen (secondary N) is 1. The van der Waals surface area contributed by atoms with Crippen molar-refractivity contribution >= 4 is 46.6 Å². The van der Waals surface area contributed by atoms with Gasteiger partial charge in [-0.2, -0.15) is 0 Å². The van der Waals surface area contributed by atoms with Gasteiger partial charge in [0.2, 0.25) is 17.7 Å². The van der Waals surface area contributed by atoms with Crippen LogP contribution in [-0.2, 0) is 24.1 Å². The number of ether oxygens (including phenoxy) is 1. The number of nitrogens with zero attached hydrogens (tertiary/aromatic N) is 1. The number of amides is 3. The molecule has 1 heterocycles. The first kappa shape index (κ1) is 24.0. The highest BCUT2D eigenvalue weighted by Gasteiger charge is 2.73. The van der Waals surface area contributed by atoms with E-state index in [0.717, 1.165) is 27.2 Å². The summed E-state index contributed by atoms with van der Waals surface area (Å²) in [5, 5.41) is 2.81. The van der Waals surface area contributed by atoms with E-state index in [-0.39, 0.29) is 0 Å². The molecule has 4 aliphatic rings. The molecular weight excluding hydrogens is 511 g/mol. The third-order valence-corrected chi connectivity index (χ3v) is 9.12. The number of imide groups is 1. The molecule has 3 aromatic carbocycles. The van der Waals surface area contributed by atoms with Crippen molar-refractivity contribution in [3.8, 4) is 5.75 Å². The van der Waals surface area contributed by atoms with Crippen LogP contribution in [0.15, 0.2) is 72.8 Å². The van der Waals surface area contributed by atoms with Crippen LogP contribution in [0.25, 0.3) is 0 Å². The van der Waals surface area contributed by atoms with Gasteiger partial charge in [0, 0.05) is 0 Å². The predicted molar refractivity (Wildman–Crippen MR) is 141 cm³/mol. The van der Waals surface area contributed by atoms with Crippen molar-refractivity contribution in [1.82, 2.24) is 4.90 Å². The van der Waals surface area contributed by atoms with Gasteiger partial charge < -0.3 is 10.1 Å². The number of hydrogen-bond donors (Lipinski definition) is 1. The molecule has 37 heavy (non-hydrogen) atoms. The summed E-state index contributed by atoms with van der Waals surface area (Å²) in [6, 6.07) is 20.8. The van der Waals surface area contributed by atoms with Crippen molar-refractivity contribution in [2.45, 2.75) is 29.6 Å². The van der Waals surface area contributed by atoms with Gasteiger partial charge in [-0.15, -0.1) is 23.2 Å². The molecular formula is C29H24Cl2N2O4. The number of carbonyl (C=O) groups is 3. The Kier molecular flexibility index (Phi) is 5.41. The van der Waals surface area contributed by atoms with Gasteiger partial charge in [0.25, 0.3) is 0 Å². The van der Waals surface area contributed by atoms with Gasteiger partial charge in [-0.05, 0) is 48.2 Å². The van der Waals surface area contributed by atoms with Crippen molar-refractivity contribution in [2.24, 2.45) is 11.8 Å². The summed E-state index contributed by atoms with van der Waals surface area (Å²) in [6.07, 6.45) is 0. The van der Waals surface area contributed by atoms with Crippen molar-refractivity contribution in [3.05, 3.63) is 95.1 Å². The van der Waals surface area contributed by atoms with Crippen LogP contribution in [0.3, 0.4) is 0 Å². The first-order chi connectivity index (χ1) is 17.8. The molecule has 1 fully saturated rings. The third-order valence-electron chi connectivity index (χ3n) is 7.83. The summed E-state index contributed by atoms with van der Waals surface area (Å²) in [6.45, 7) is 3.81. The molecule has 6 nitrogen and oxygen atoms in total. The van der Waals surface area contributed by atoms with E-state index in [9.17, 15) is 14.4 Å². The normalized spacial score (nSPS) is 27.8. The molecule has 8 heteroatoms. The fourth-order valence-corrected chi connectivity index (χ4v) is 7.37. The number of halogens is 2. The van der Waals surface area contributed by atoms with Crippen LogP contribution in [0.5, 0.6) is 5.75 Å². The third kappa shape index (κ3) is 3.03. The van der Waals surface area contributed by atoms with Gasteiger partial charge in [0.15, 0.2) is 0 Å². The standard InChI is InChI=1S/C29H24Cl2N2O4/c1-3-37-22-15-9-8-14-21(22)32-25(34)16(2)33-26(35)23-24(27(33)36)29(31)18-11-5-4-10-17(18)28(23,30)19-12-6-7-13-20(19)29/h4-16,23-24H,3H2,1-2H3,(H,32,34)/t16-,23+,24+,28?,29?/m0/s1. The second-order valence-electron chi connectivity index (χ2n) is 9.61. The van der Waals surface area contributed by atoms with Crippen LogP contribution in [0, 0.1) is 11.8 Å². The molecule has 3 atom stereocenters. The Labute approximate surface area is 224 Å². The Morgan fingerprint density at radius 3 is 1.76 bits per heavy atom. The number of para-hydroxylation sites is 2. The number of rotatable bonds is 5. The molecule has 7 rings (SSSR count). The van der Waals surface area contributed by atoms with Crippen molar-refractivity contribution < 1.29 is 19.1 Å². The largest absolute Gasteiger partial charge is 0.492 e. The van der Waals surface area contributed by atoms with Gasteiger partial charge in [0.1, 0.15) is 21.5 Å². The Balaban J connectivity index is 1.42. The summed E-state index contributed by atoms with van der Waals surface area (Å²) in [5.41, 5.74) is 3.34. The van der Waals surface area contributed by atoms with Crippen LogP contribution in [-0.4, -0.2) is 35.3 Å². The number of anilines is 1. The minimum Gasteiger partial charge on any atom is -0.492 e. The second kappa shape index (κ2) is 8.33. The number of likely N-dealkylation sites (tertiary alicyclic amines) is 1. The van der Waals surface area contributed by atoms with Crippen LogP contribution in [0.4, 0.5) is 5.69 Å². The number of hydrogen-bond acceptors (Lipinski definition) is 4.